The zero-order chi connectivity index (χ0) is 11.5. The largest absolute Gasteiger partial charge is 0.327 e. The van der Waals surface area contributed by atoms with E-state index in [-0.39, 0.29) is 0 Å². The van der Waals surface area contributed by atoms with Gasteiger partial charge >= 0.3 is 0 Å². The average Bonchev–Trinajstić information content (AvgIpc) is 2.89. The molecule has 2 rings (SSSR count). The molecule has 3 atom stereocenters. The van der Waals surface area contributed by atoms with E-state index in [1.54, 1.807) is 0 Å². The van der Waals surface area contributed by atoms with Gasteiger partial charge in [0.25, 0.3) is 0 Å². The molecule has 1 aromatic rings. The van der Waals surface area contributed by atoms with Crippen molar-refractivity contribution in [2.75, 3.05) is 0 Å². The summed E-state index contributed by atoms with van der Waals surface area (Å²) in [6, 6.07) is 3.05. The smallest absolute Gasteiger partial charge is 0.0628 e. The predicted molar refractivity (Wildman–Crippen MR) is 66.2 cm³/mol. The second-order valence-corrected chi connectivity index (χ2v) is 5.10. The fraction of sp³-hybridized carbons (Fsp3) is 0.769. The van der Waals surface area contributed by atoms with Crippen LogP contribution in [0.25, 0.3) is 0 Å². The number of rotatable bonds is 4. The van der Waals surface area contributed by atoms with Crippen LogP contribution in [0.3, 0.4) is 0 Å². The van der Waals surface area contributed by atoms with Gasteiger partial charge in [0.15, 0.2) is 0 Å². The van der Waals surface area contributed by atoms with E-state index in [0.717, 1.165) is 12.8 Å². The van der Waals surface area contributed by atoms with Gasteiger partial charge in [-0.3, -0.25) is 4.68 Å². The van der Waals surface area contributed by atoms with Gasteiger partial charge in [0.2, 0.25) is 0 Å². The van der Waals surface area contributed by atoms with E-state index in [9.17, 15) is 0 Å². The molecule has 0 radical (unpaired) electrons. The van der Waals surface area contributed by atoms with E-state index in [2.05, 4.69) is 35.9 Å². The number of aromatic nitrogens is 2. The summed E-state index contributed by atoms with van der Waals surface area (Å²) in [5.74, 6) is 0.653. The Labute approximate surface area is 98.0 Å². The quantitative estimate of drug-likeness (QED) is 0.849. The minimum atomic E-state index is 0.397. The number of hydrogen-bond acceptors (Lipinski definition) is 2. The summed E-state index contributed by atoms with van der Waals surface area (Å²) in [7, 11) is 0. The molecule has 0 aliphatic heterocycles. The summed E-state index contributed by atoms with van der Waals surface area (Å²) in [5.41, 5.74) is 7.30. The second-order valence-electron chi connectivity index (χ2n) is 5.10. The first kappa shape index (κ1) is 11.6. The molecular formula is C13H23N3. The van der Waals surface area contributed by atoms with E-state index in [1.807, 2.05) is 0 Å². The zero-order valence-corrected chi connectivity index (χ0v) is 10.4. The first-order valence-corrected chi connectivity index (χ1v) is 6.50. The van der Waals surface area contributed by atoms with Gasteiger partial charge in [0, 0.05) is 18.3 Å². The summed E-state index contributed by atoms with van der Waals surface area (Å²) in [4.78, 5) is 0. The Bertz CT molecular complexity index is 332. The lowest BCUT2D eigenvalue weighted by atomic mass is 9.98. The molecule has 3 heteroatoms. The van der Waals surface area contributed by atoms with Crippen molar-refractivity contribution in [3.63, 3.8) is 0 Å². The average molecular weight is 221 g/mol. The van der Waals surface area contributed by atoms with Crippen molar-refractivity contribution in [3.8, 4) is 0 Å². The normalized spacial score (nSPS) is 27.2. The molecule has 16 heavy (non-hydrogen) atoms. The van der Waals surface area contributed by atoms with Gasteiger partial charge in [-0.25, -0.2) is 0 Å². The first-order valence-electron chi connectivity index (χ1n) is 6.50. The highest BCUT2D eigenvalue weighted by molar-refractivity contribution is 5.03. The fourth-order valence-electron chi connectivity index (χ4n) is 2.51. The van der Waals surface area contributed by atoms with Gasteiger partial charge in [-0.1, -0.05) is 13.3 Å². The Morgan fingerprint density at radius 2 is 2.38 bits per heavy atom. The molecule has 3 unspecified atom stereocenters. The van der Waals surface area contributed by atoms with Gasteiger partial charge in [0.05, 0.1) is 5.69 Å². The molecule has 0 saturated heterocycles. The van der Waals surface area contributed by atoms with Crippen molar-refractivity contribution in [2.45, 2.75) is 58.0 Å². The Hall–Kier alpha value is -0.830. The summed E-state index contributed by atoms with van der Waals surface area (Å²) >= 11 is 0. The molecule has 0 bridgehead atoms. The van der Waals surface area contributed by atoms with Crippen molar-refractivity contribution in [1.29, 1.82) is 0 Å². The molecule has 0 amide bonds. The Morgan fingerprint density at radius 3 is 3.00 bits per heavy atom. The third kappa shape index (κ3) is 2.46. The minimum Gasteiger partial charge on any atom is -0.327 e. The standard InChI is InChI=1S/C13H23N3/c1-3-10(2)16-8-7-12(15-16)9-11-5-4-6-13(11)14/h7-8,10-11,13H,3-6,9,14H2,1-2H3. The Morgan fingerprint density at radius 1 is 1.56 bits per heavy atom. The van der Waals surface area contributed by atoms with Crippen LogP contribution in [0, 0.1) is 5.92 Å². The van der Waals surface area contributed by atoms with Crippen LogP contribution in [-0.2, 0) is 6.42 Å². The van der Waals surface area contributed by atoms with Crippen LogP contribution >= 0.6 is 0 Å². The minimum absolute atomic E-state index is 0.397. The molecule has 1 heterocycles. The highest BCUT2D eigenvalue weighted by Gasteiger charge is 2.24. The summed E-state index contributed by atoms with van der Waals surface area (Å²) in [6.45, 7) is 4.40. The van der Waals surface area contributed by atoms with Crippen LogP contribution in [0.15, 0.2) is 12.3 Å². The third-order valence-corrected chi connectivity index (χ3v) is 3.90. The van der Waals surface area contributed by atoms with Crippen molar-refractivity contribution >= 4 is 0 Å². The summed E-state index contributed by atoms with van der Waals surface area (Å²) in [5, 5.41) is 4.64. The van der Waals surface area contributed by atoms with Gasteiger partial charge in [-0.2, -0.15) is 5.10 Å². The molecule has 1 aliphatic carbocycles. The van der Waals surface area contributed by atoms with Crippen molar-refractivity contribution in [2.24, 2.45) is 11.7 Å². The van der Waals surface area contributed by atoms with E-state index >= 15 is 0 Å². The van der Waals surface area contributed by atoms with Crippen LogP contribution in [0.1, 0.15) is 51.3 Å². The van der Waals surface area contributed by atoms with Crippen LogP contribution < -0.4 is 5.73 Å². The van der Waals surface area contributed by atoms with Crippen LogP contribution in [0.4, 0.5) is 0 Å². The third-order valence-electron chi connectivity index (χ3n) is 3.90. The van der Waals surface area contributed by atoms with E-state index in [1.165, 1.54) is 25.0 Å². The highest BCUT2D eigenvalue weighted by atomic mass is 15.3. The number of nitrogens with two attached hydrogens (primary N) is 1. The van der Waals surface area contributed by atoms with Crippen LogP contribution in [0.2, 0.25) is 0 Å². The first-order chi connectivity index (χ1) is 7.70. The molecule has 1 aromatic heterocycles. The van der Waals surface area contributed by atoms with E-state index < -0.39 is 0 Å². The Kier molecular flexibility index (Phi) is 3.64. The molecule has 90 valence electrons. The second kappa shape index (κ2) is 5.00. The van der Waals surface area contributed by atoms with Gasteiger partial charge < -0.3 is 5.73 Å². The number of nitrogens with zero attached hydrogens (tertiary/aromatic N) is 2. The summed E-state index contributed by atoms with van der Waals surface area (Å²) < 4.78 is 2.08. The van der Waals surface area contributed by atoms with Crippen molar-refractivity contribution < 1.29 is 0 Å². The molecule has 0 aromatic carbocycles. The lowest BCUT2D eigenvalue weighted by Gasteiger charge is -2.13. The van der Waals surface area contributed by atoms with Crippen molar-refractivity contribution in [3.05, 3.63) is 18.0 Å². The molecule has 3 nitrogen and oxygen atoms in total. The molecule has 2 N–H and O–H groups in total. The maximum absolute atomic E-state index is 6.09. The molecule has 1 aliphatic rings. The topological polar surface area (TPSA) is 43.8 Å². The lowest BCUT2D eigenvalue weighted by molar-refractivity contribution is 0.449. The SMILES string of the molecule is CCC(C)n1ccc(CC2CCCC2N)n1. The molecule has 1 saturated carbocycles. The van der Waals surface area contributed by atoms with E-state index in [4.69, 9.17) is 5.73 Å². The zero-order valence-electron chi connectivity index (χ0n) is 10.4. The monoisotopic (exact) mass is 221 g/mol. The maximum atomic E-state index is 6.09. The number of hydrogen-bond donors (Lipinski definition) is 1. The molecule has 1 fully saturated rings. The van der Waals surface area contributed by atoms with Gasteiger partial charge in [0.1, 0.15) is 0 Å². The highest BCUT2D eigenvalue weighted by Crippen LogP contribution is 2.27. The Balaban J connectivity index is 1.97. The van der Waals surface area contributed by atoms with Gasteiger partial charge in [-0.05, 0) is 44.6 Å². The molecular weight excluding hydrogens is 198 g/mol. The van der Waals surface area contributed by atoms with Gasteiger partial charge in [-0.15, -0.1) is 0 Å². The van der Waals surface area contributed by atoms with Crippen LogP contribution in [0.5, 0.6) is 0 Å². The molecule has 0 spiro atoms. The van der Waals surface area contributed by atoms with Crippen molar-refractivity contribution in [1.82, 2.24) is 9.78 Å². The predicted octanol–water partition coefficient (Wildman–Crippen LogP) is 2.52. The van der Waals surface area contributed by atoms with Crippen LogP contribution in [-0.4, -0.2) is 15.8 Å². The fourth-order valence-corrected chi connectivity index (χ4v) is 2.51. The van der Waals surface area contributed by atoms with E-state index in [0.29, 0.717) is 18.0 Å². The maximum Gasteiger partial charge on any atom is 0.0628 e. The summed E-state index contributed by atoms with van der Waals surface area (Å²) in [6.07, 6.45) is 8.05. The lowest BCUT2D eigenvalue weighted by Crippen LogP contribution is -2.26.